The van der Waals surface area contributed by atoms with E-state index >= 15 is 0 Å². The van der Waals surface area contributed by atoms with Crippen LogP contribution in [0, 0.1) is 6.92 Å². The van der Waals surface area contributed by atoms with Gasteiger partial charge in [-0.05, 0) is 25.1 Å². The second kappa shape index (κ2) is 6.08. The van der Waals surface area contributed by atoms with E-state index < -0.39 is 12.4 Å². The Morgan fingerprint density at radius 1 is 1.28 bits per heavy atom. The number of carboxylic acids is 1. The summed E-state index contributed by atoms with van der Waals surface area (Å²) in [6.45, 7) is 1.70. The monoisotopic (exact) mass is 347 g/mol. The number of hydrogen-bond donors (Lipinski definition) is 1. The van der Waals surface area contributed by atoms with Gasteiger partial charge in [-0.25, -0.2) is 18.6 Å². The van der Waals surface area contributed by atoms with Crippen molar-refractivity contribution in [1.29, 1.82) is 0 Å². The average Bonchev–Trinajstić information content (AvgIpc) is 3.05. The zero-order valence-electron chi connectivity index (χ0n) is 13.7. The van der Waals surface area contributed by atoms with Gasteiger partial charge in [0, 0.05) is 25.9 Å². The lowest BCUT2D eigenvalue weighted by molar-refractivity contribution is 0.0699. The molecule has 0 aromatic carbocycles. The number of nitrogens with zero attached hydrogens (tertiary/aromatic N) is 5. The molecule has 130 valence electrons. The quantitative estimate of drug-likeness (QED) is 0.784. The Labute approximate surface area is 141 Å². The fraction of sp³-hybridized carbons (Fsp3) is 0.250. The van der Waals surface area contributed by atoms with Gasteiger partial charge in [0.05, 0.1) is 22.3 Å². The molecule has 0 amide bonds. The third-order valence-electron chi connectivity index (χ3n) is 3.75. The van der Waals surface area contributed by atoms with Gasteiger partial charge in [0.25, 0.3) is 6.43 Å². The summed E-state index contributed by atoms with van der Waals surface area (Å²) in [4.78, 5) is 15.9. The molecule has 0 radical (unpaired) electrons. The number of halogens is 2. The van der Waals surface area contributed by atoms with E-state index in [1.54, 1.807) is 21.0 Å². The summed E-state index contributed by atoms with van der Waals surface area (Å²) in [6, 6.07) is 1.40. The van der Waals surface area contributed by atoms with Gasteiger partial charge >= 0.3 is 5.97 Å². The molecule has 0 saturated heterocycles. The number of alkyl halides is 2. The maximum atomic E-state index is 13.0. The minimum atomic E-state index is -2.70. The molecular weight excluding hydrogens is 332 g/mol. The third kappa shape index (κ3) is 3.00. The van der Waals surface area contributed by atoms with Crippen LogP contribution in [0.25, 0.3) is 23.2 Å². The Morgan fingerprint density at radius 2 is 2.00 bits per heavy atom. The van der Waals surface area contributed by atoms with Gasteiger partial charge in [-0.3, -0.25) is 9.36 Å². The summed E-state index contributed by atoms with van der Waals surface area (Å²) in [5.74, 6) is -1.10. The molecule has 25 heavy (non-hydrogen) atoms. The smallest absolute Gasteiger partial charge is 0.336 e. The molecule has 9 heteroatoms. The normalized spacial score (nSPS) is 11.9. The highest BCUT2D eigenvalue weighted by Gasteiger charge is 2.18. The van der Waals surface area contributed by atoms with Gasteiger partial charge in [-0.2, -0.15) is 10.2 Å². The van der Waals surface area contributed by atoms with E-state index in [9.17, 15) is 18.7 Å². The van der Waals surface area contributed by atoms with E-state index in [1.165, 1.54) is 33.8 Å². The van der Waals surface area contributed by atoms with Crippen LogP contribution in [-0.4, -0.2) is 35.6 Å². The first-order valence-corrected chi connectivity index (χ1v) is 7.35. The molecule has 0 fully saturated rings. The summed E-state index contributed by atoms with van der Waals surface area (Å²) < 4.78 is 28.8. The molecule has 0 spiro atoms. The summed E-state index contributed by atoms with van der Waals surface area (Å²) in [5, 5.41) is 17.8. The predicted octanol–water partition coefficient (Wildman–Crippen LogP) is 2.82. The maximum Gasteiger partial charge on any atom is 0.336 e. The maximum absolute atomic E-state index is 13.0. The zero-order valence-corrected chi connectivity index (χ0v) is 13.7. The topological polar surface area (TPSA) is 85.8 Å². The Bertz CT molecular complexity index is 1000. The standard InChI is InChI=1S/C16H15F2N5O2/c1-8-12-11(16(24)25)6-10(19-15(12)23(3)20-8)5-4-9-7-22(2)21-13(9)14(17)18/h4-7,14H,1-3H3,(H,24,25). The van der Waals surface area contributed by atoms with Crippen molar-refractivity contribution >= 4 is 29.2 Å². The highest BCUT2D eigenvalue weighted by molar-refractivity contribution is 6.03. The van der Waals surface area contributed by atoms with Crippen LogP contribution in [0.5, 0.6) is 0 Å². The lowest BCUT2D eigenvalue weighted by Gasteiger charge is -2.02. The van der Waals surface area contributed by atoms with Crippen molar-refractivity contribution in [3.05, 3.63) is 40.5 Å². The molecular formula is C16H15F2N5O2. The molecule has 0 unspecified atom stereocenters. The Kier molecular flexibility index (Phi) is 4.07. The molecule has 7 nitrogen and oxygen atoms in total. The van der Waals surface area contributed by atoms with Crippen molar-refractivity contribution in [3.63, 3.8) is 0 Å². The first-order chi connectivity index (χ1) is 11.8. The second-order valence-corrected chi connectivity index (χ2v) is 5.58. The molecule has 1 N–H and O–H groups in total. The molecule has 0 aliphatic carbocycles. The lowest BCUT2D eigenvalue weighted by atomic mass is 10.1. The van der Waals surface area contributed by atoms with Crippen LogP contribution < -0.4 is 0 Å². The largest absolute Gasteiger partial charge is 0.478 e. The van der Waals surface area contributed by atoms with E-state index in [-0.39, 0.29) is 16.8 Å². The highest BCUT2D eigenvalue weighted by atomic mass is 19.3. The fourth-order valence-electron chi connectivity index (χ4n) is 2.72. The lowest BCUT2D eigenvalue weighted by Crippen LogP contribution is -2.01. The molecule has 3 rings (SSSR count). The van der Waals surface area contributed by atoms with Gasteiger partial charge in [-0.15, -0.1) is 0 Å². The summed E-state index contributed by atoms with van der Waals surface area (Å²) in [6.07, 6.45) is 1.68. The molecule has 3 heterocycles. The second-order valence-electron chi connectivity index (χ2n) is 5.58. The number of aryl methyl sites for hydroxylation is 3. The fourth-order valence-corrected chi connectivity index (χ4v) is 2.72. The Hall–Kier alpha value is -3.10. The van der Waals surface area contributed by atoms with Crippen molar-refractivity contribution in [1.82, 2.24) is 24.5 Å². The minimum Gasteiger partial charge on any atom is -0.478 e. The Morgan fingerprint density at radius 3 is 2.64 bits per heavy atom. The zero-order chi connectivity index (χ0) is 18.3. The SMILES string of the molecule is Cc1nn(C)c2nc(C=Cc3cn(C)nc3C(F)F)cc(C(=O)O)c12. The number of fused-ring (bicyclic) bond motifs is 1. The third-order valence-corrected chi connectivity index (χ3v) is 3.75. The van der Waals surface area contributed by atoms with Gasteiger partial charge in [-0.1, -0.05) is 0 Å². The van der Waals surface area contributed by atoms with E-state index in [0.29, 0.717) is 22.4 Å². The van der Waals surface area contributed by atoms with Crippen molar-refractivity contribution < 1.29 is 18.7 Å². The number of rotatable bonds is 4. The van der Waals surface area contributed by atoms with Crippen LogP contribution in [0.3, 0.4) is 0 Å². The summed E-state index contributed by atoms with van der Waals surface area (Å²) >= 11 is 0. The minimum absolute atomic E-state index is 0.0653. The number of hydrogen-bond acceptors (Lipinski definition) is 4. The van der Waals surface area contributed by atoms with Crippen LogP contribution in [0.4, 0.5) is 8.78 Å². The van der Waals surface area contributed by atoms with Crippen LogP contribution >= 0.6 is 0 Å². The van der Waals surface area contributed by atoms with Crippen molar-refractivity contribution in [2.24, 2.45) is 14.1 Å². The molecule has 0 bridgehead atoms. The van der Waals surface area contributed by atoms with Crippen LogP contribution in [0.2, 0.25) is 0 Å². The van der Waals surface area contributed by atoms with Crippen molar-refractivity contribution in [3.8, 4) is 0 Å². The van der Waals surface area contributed by atoms with E-state index in [2.05, 4.69) is 15.2 Å². The van der Waals surface area contributed by atoms with Crippen LogP contribution in [-0.2, 0) is 14.1 Å². The van der Waals surface area contributed by atoms with Gasteiger partial charge in [0.2, 0.25) is 0 Å². The molecule has 3 aromatic heterocycles. The molecule has 3 aromatic rings. The Balaban J connectivity index is 2.11. The molecule has 0 saturated carbocycles. The van der Waals surface area contributed by atoms with Crippen molar-refractivity contribution in [2.45, 2.75) is 13.3 Å². The summed E-state index contributed by atoms with van der Waals surface area (Å²) in [7, 11) is 3.21. The van der Waals surface area contributed by atoms with Gasteiger partial charge < -0.3 is 5.11 Å². The number of carboxylic acid groups (broad SMARTS) is 1. The number of pyridine rings is 1. The molecule has 0 aliphatic heterocycles. The van der Waals surface area contributed by atoms with E-state index in [0.717, 1.165) is 0 Å². The van der Waals surface area contributed by atoms with Gasteiger partial charge in [0.15, 0.2) is 5.65 Å². The molecule has 0 aliphatic rings. The van der Waals surface area contributed by atoms with E-state index in [4.69, 9.17) is 0 Å². The number of aromatic nitrogens is 5. The number of aromatic carboxylic acids is 1. The number of carbonyl (C=O) groups is 1. The average molecular weight is 347 g/mol. The first-order valence-electron chi connectivity index (χ1n) is 7.35. The highest BCUT2D eigenvalue weighted by Crippen LogP contribution is 2.25. The van der Waals surface area contributed by atoms with Crippen LogP contribution in [0.1, 0.15) is 39.4 Å². The van der Waals surface area contributed by atoms with Crippen LogP contribution in [0.15, 0.2) is 12.3 Å². The first kappa shape index (κ1) is 16.7. The summed E-state index contributed by atoms with van der Waals surface area (Å²) in [5.41, 5.74) is 1.28. The predicted molar refractivity (Wildman–Crippen MR) is 87.3 cm³/mol. The molecule has 0 atom stereocenters. The van der Waals surface area contributed by atoms with Gasteiger partial charge in [0.1, 0.15) is 5.69 Å². The van der Waals surface area contributed by atoms with Crippen molar-refractivity contribution in [2.75, 3.05) is 0 Å². The van der Waals surface area contributed by atoms with E-state index in [1.807, 2.05) is 0 Å².